The molecule has 8 heteroatoms. The van der Waals surface area contributed by atoms with Crippen LogP contribution < -0.4 is 4.90 Å². The van der Waals surface area contributed by atoms with E-state index in [9.17, 15) is 0 Å². The lowest BCUT2D eigenvalue weighted by Gasteiger charge is -2.15. The summed E-state index contributed by atoms with van der Waals surface area (Å²) in [5, 5.41) is 11.5. The predicted molar refractivity (Wildman–Crippen MR) is 106 cm³/mol. The predicted octanol–water partition coefficient (Wildman–Crippen LogP) is 6.23. The number of nitrogens with zero attached hydrogens (tertiary/aromatic N) is 6. The zero-order valence-corrected chi connectivity index (χ0v) is 17.6. The molecule has 2 aromatic rings. The first kappa shape index (κ1) is 19.5. The number of aromatic nitrogens is 2. The summed E-state index contributed by atoms with van der Waals surface area (Å²) in [6, 6.07) is 0. The third-order valence-corrected chi connectivity index (χ3v) is 5.27. The Labute approximate surface area is 157 Å². The van der Waals surface area contributed by atoms with Crippen LogP contribution in [0.1, 0.15) is 52.9 Å². The molecule has 0 aliphatic heterocycles. The Morgan fingerprint density at radius 1 is 0.920 bits per heavy atom. The highest BCUT2D eigenvalue weighted by molar-refractivity contribution is 7.20. The highest BCUT2D eigenvalue weighted by Crippen LogP contribution is 2.42. The number of rotatable bonds is 3. The fraction of sp³-hybridized carbons (Fsp3) is 0.588. The minimum atomic E-state index is -0.191. The largest absolute Gasteiger partial charge is 0.354 e. The van der Waals surface area contributed by atoms with E-state index in [2.05, 4.69) is 40.8 Å². The van der Waals surface area contributed by atoms with Crippen molar-refractivity contribution in [1.82, 2.24) is 9.97 Å². The first-order valence-corrected chi connectivity index (χ1v) is 9.56. The summed E-state index contributed by atoms with van der Waals surface area (Å²) in [7, 11) is 3.93. The van der Waals surface area contributed by atoms with E-state index in [0.717, 1.165) is 21.5 Å². The summed E-state index contributed by atoms with van der Waals surface area (Å²) < 4.78 is 0. The maximum Gasteiger partial charge on any atom is 0.266 e. The van der Waals surface area contributed by atoms with Gasteiger partial charge in [-0.2, -0.15) is 0 Å². The van der Waals surface area contributed by atoms with Gasteiger partial charge in [0.1, 0.15) is 0 Å². The van der Waals surface area contributed by atoms with Gasteiger partial charge in [0.15, 0.2) is 10.1 Å². The fourth-order valence-electron chi connectivity index (χ4n) is 2.04. The van der Waals surface area contributed by atoms with Crippen molar-refractivity contribution in [2.75, 3.05) is 19.0 Å². The highest BCUT2D eigenvalue weighted by Gasteiger charge is 2.25. The van der Waals surface area contributed by atoms with Crippen molar-refractivity contribution in [2.24, 2.45) is 10.2 Å². The van der Waals surface area contributed by atoms with Crippen molar-refractivity contribution < 1.29 is 0 Å². The van der Waals surface area contributed by atoms with Crippen LogP contribution in [0.5, 0.6) is 0 Å². The molecule has 0 aliphatic carbocycles. The molecule has 0 aromatic carbocycles. The van der Waals surface area contributed by atoms with Crippen LogP contribution in [0.4, 0.5) is 20.3 Å². The Kier molecular flexibility index (Phi) is 5.30. The average molecular weight is 377 g/mol. The quantitative estimate of drug-likeness (QED) is 0.471. The lowest BCUT2D eigenvalue weighted by molar-refractivity contribution is 0.573. The molecule has 0 radical (unpaired) electrons. The van der Waals surface area contributed by atoms with Crippen molar-refractivity contribution in [3.05, 3.63) is 22.8 Å². The second-order valence-corrected chi connectivity index (χ2v) is 9.92. The maximum atomic E-state index is 7.35. The van der Waals surface area contributed by atoms with Crippen molar-refractivity contribution in [2.45, 2.75) is 52.4 Å². The first-order valence-electron chi connectivity index (χ1n) is 7.92. The third-order valence-electron chi connectivity index (χ3n) is 3.33. The Morgan fingerprint density at radius 3 is 1.96 bits per heavy atom. The molecule has 6 nitrogen and oxygen atoms in total. The zero-order chi connectivity index (χ0) is 19.0. The Hall–Kier alpha value is -1.85. The van der Waals surface area contributed by atoms with Crippen LogP contribution in [0.25, 0.3) is 4.85 Å². The Balaban J connectivity index is 2.44. The molecule has 2 rings (SSSR count). The molecule has 0 amide bonds. The summed E-state index contributed by atoms with van der Waals surface area (Å²) >= 11 is 2.79. The van der Waals surface area contributed by atoms with E-state index in [1.165, 1.54) is 22.7 Å². The number of hydrogen-bond donors (Lipinski definition) is 0. The first-order chi connectivity index (χ1) is 11.4. The number of hydrogen-bond acceptors (Lipinski definition) is 7. The maximum absolute atomic E-state index is 7.35. The summed E-state index contributed by atoms with van der Waals surface area (Å²) in [6.45, 7) is 19.8. The van der Waals surface area contributed by atoms with Crippen LogP contribution in [-0.2, 0) is 10.8 Å². The number of thiazole rings is 2. The van der Waals surface area contributed by atoms with Gasteiger partial charge in [-0.1, -0.05) is 52.9 Å². The SMILES string of the molecule is [C-]#[N+]c1sc(N=Nc2sc(N(C)C)nc2C(C)(C)C)nc1C(C)(C)C. The lowest BCUT2D eigenvalue weighted by atomic mass is 9.93. The van der Waals surface area contributed by atoms with Gasteiger partial charge in [0.2, 0.25) is 5.13 Å². The second kappa shape index (κ2) is 6.81. The summed E-state index contributed by atoms with van der Waals surface area (Å²) in [5.74, 6) is 0. The summed E-state index contributed by atoms with van der Waals surface area (Å²) in [5.41, 5.74) is 1.38. The molecule has 0 aliphatic rings. The van der Waals surface area contributed by atoms with Crippen molar-refractivity contribution in [1.29, 1.82) is 0 Å². The second-order valence-electron chi connectivity index (χ2n) is 8.01. The molecule has 0 fully saturated rings. The van der Waals surface area contributed by atoms with Crippen LogP contribution in [0.15, 0.2) is 10.2 Å². The van der Waals surface area contributed by atoms with Gasteiger partial charge in [-0.05, 0) is 5.41 Å². The van der Waals surface area contributed by atoms with Crippen LogP contribution in [0.2, 0.25) is 0 Å². The standard InChI is InChI=1S/C17H24N6S2/c1-16(2,3)10-12(18-7)24-14(19-10)22-21-13-11(17(4,5)6)20-15(25-13)23(8)9/h1-6,8-9H3. The monoisotopic (exact) mass is 376 g/mol. The van der Waals surface area contributed by atoms with Gasteiger partial charge in [0.25, 0.3) is 5.00 Å². The van der Waals surface area contributed by atoms with Gasteiger partial charge in [-0.25, -0.2) is 14.8 Å². The van der Waals surface area contributed by atoms with E-state index in [0.29, 0.717) is 10.1 Å². The van der Waals surface area contributed by atoms with Crippen LogP contribution in [0, 0.1) is 6.57 Å². The molecular formula is C17H24N6S2. The highest BCUT2D eigenvalue weighted by atomic mass is 32.1. The van der Waals surface area contributed by atoms with E-state index < -0.39 is 0 Å². The third kappa shape index (κ3) is 4.41. The molecule has 0 N–H and O–H groups in total. The van der Waals surface area contributed by atoms with Crippen molar-refractivity contribution in [3.8, 4) is 0 Å². The zero-order valence-electron chi connectivity index (χ0n) is 16.0. The van der Waals surface area contributed by atoms with Crippen molar-refractivity contribution >= 4 is 42.9 Å². The summed E-state index contributed by atoms with van der Waals surface area (Å²) in [4.78, 5) is 14.8. The molecule has 134 valence electrons. The van der Waals surface area contributed by atoms with Gasteiger partial charge in [0, 0.05) is 19.5 Å². The van der Waals surface area contributed by atoms with Crippen molar-refractivity contribution in [3.63, 3.8) is 0 Å². The van der Waals surface area contributed by atoms with Gasteiger partial charge in [0.05, 0.1) is 18.0 Å². The van der Waals surface area contributed by atoms with E-state index >= 15 is 0 Å². The lowest BCUT2D eigenvalue weighted by Crippen LogP contribution is -2.13. The molecular weight excluding hydrogens is 352 g/mol. The smallest absolute Gasteiger partial charge is 0.266 e. The molecule has 0 bridgehead atoms. The molecule has 0 spiro atoms. The molecule has 2 aromatic heterocycles. The average Bonchev–Trinajstić information content (AvgIpc) is 3.08. The molecule has 0 unspecified atom stereocenters. The van der Waals surface area contributed by atoms with Crippen LogP contribution in [0.3, 0.4) is 0 Å². The van der Waals surface area contributed by atoms with E-state index in [1.807, 2.05) is 39.8 Å². The minimum absolute atomic E-state index is 0.125. The van der Waals surface area contributed by atoms with E-state index in [-0.39, 0.29) is 10.8 Å². The number of anilines is 1. The minimum Gasteiger partial charge on any atom is -0.354 e. The fourth-order valence-corrected chi connectivity index (χ4v) is 3.95. The van der Waals surface area contributed by atoms with Gasteiger partial charge in [-0.3, -0.25) is 0 Å². The molecule has 0 saturated carbocycles. The van der Waals surface area contributed by atoms with E-state index in [4.69, 9.17) is 11.6 Å². The Bertz CT molecular complexity index is 825. The molecule has 0 atom stereocenters. The van der Waals surface area contributed by atoms with Crippen LogP contribution in [-0.4, -0.2) is 24.1 Å². The normalized spacial score (nSPS) is 12.6. The van der Waals surface area contributed by atoms with Gasteiger partial charge >= 0.3 is 0 Å². The Morgan fingerprint density at radius 2 is 1.52 bits per heavy atom. The molecule has 2 heterocycles. The molecule has 0 saturated heterocycles. The van der Waals surface area contributed by atoms with Gasteiger partial charge < -0.3 is 4.90 Å². The topological polar surface area (TPSA) is 58.1 Å². The summed E-state index contributed by atoms with van der Waals surface area (Å²) in [6.07, 6.45) is 0. The number of azo groups is 1. The van der Waals surface area contributed by atoms with Gasteiger partial charge in [-0.15, -0.1) is 21.6 Å². The van der Waals surface area contributed by atoms with E-state index in [1.54, 1.807) is 0 Å². The molecule has 25 heavy (non-hydrogen) atoms. The van der Waals surface area contributed by atoms with Crippen LogP contribution >= 0.6 is 22.7 Å².